The SMILES string of the molecule is COc1ccc([C@H]2C[C@](C)(NC(=O)C(C)C)[C@@H]3CC[C@@H](C)C[C@H]3O2)cc1. The Morgan fingerprint density at radius 2 is 1.96 bits per heavy atom. The Hall–Kier alpha value is -1.55. The average Bonchev–Trinajstić information content (AvgIpc) is 2.61. The molecule has 0 unspecified atom stereocenters. The van der Waals surface area contributed by atoms with Gasteiger partial charge in [0.05, 0.1) is 19.3 Å². The summed E-state index contributed by atoms with van der Waals surface area (Å²) < 4.78 is 11.8. The van der Waals surface area contributed by atoms with Gasteiger partial charge in [-0.3, -0.25) is 4.79 Å². The molecule has 1 saturated heterocycles. The Morgan fingerprint density at radius 1 is 1.27 bits per heavy atom. The lowest BCUT2D eigenvalue weighted by Crippen LogP contribution is -2.61. The fourth-order valence-electron chi connectivity index (χ4n) is 4.59. The van der Waals surface area contributed by atoms with E-state index in [1.54, 1.807) is 7.11 Å². The van der Waals surface area contributed by atoms with Gasteiger partial charge in [0.1, 0.15) is 5.75 Å². The highest BCUT2D eigenvalue weighted by Gasteiger charge is 2.49. The zero-order valence-corrected chi connectivity index (χ0v) is 16.7. The van der Waals surface area contributed by atoms with Crippen molar-refractivity contribution in [2.24, 2.45) is 17.8 Å². The summed E-state index contributed by atoms with van der Waals surface area (Å²) in [7, 11) is 1.68. The molecule has 4 nitrogen and oxygen atoms in total. The fourth-order valence-corrected chi connectivity index (χ4v) is 4.59. The first-order valence-electron chi connectivity index (χ1n) is 9.94. The van der Waals surface area contributed by atoms with Gasteiger partial charge in [0, 0.05) is 23.8 Å². The van der Waals surface area contributed by atoms with Gasteiger partial charge >= 0.3 is 0 Å². The van der Waals surface area contributed by atoms with E-state index in [2.05, 4.69) is 31.3 Å². The van der Waals surface area contributed by atoms with Crippen molar-refractivity contribution >= 4 is 5.91 Å². The molecule has 1 saturated carbocycles. The molecule has 0 bridgehead atoms. The van der Waals surface area contributed by atoms with Crippen LogP contribution >= 0.6 is 0 Å². The first-order chi connectivity index (χ1) is 12.3. The molecule has 0 radical (unpaired) electrons. The van der Waals surface area contributed by atoms with Crippen LogP contribution in [0, 0.1) is 17.8 Å². The van der Waals surface area contributed by atoms with Gasteiger partial charge in [-0.2, -0.15) is 0 Å². The predicted octanol–water partition coefficient (Wildman–Crippen LogP) is 4.49. The van der Waals surface area contributed by atoms with Crippen LogP contribution in [-0.4, -0.2) is 24.7 Å². The summed E-state index contributed by atoms with van der Waals surface area (Å²) in [6.07, 6.45) is 4.43. The quantitative estimate of drug-likeness (QED) is 0.861. The third-order valence-electron chi connectivity index (χ3n) is 6.24. The third kappa shape index (κ3) is 3.90. The van der Waals surface area contributed by atoms with Crippen molar-refractivity contribution in [3.05, 3.63) is 29.8 Å². The largest absolute Gasteiger partial charge is 0.497 e. The van der Waals surface area contributed by atoms with Crippen molar-refractivity contribution in [1.29, 1.82) is 0 Å². The second-order valence-corrected chi connectivity index (χ2v) is 8.73. The van der Waals surface area contributed by atoms with Gasteiger partial charge in [-0.1, -0.05) is 39.3 Å². The standard InChI is InChI=1S/C22H33NO3/c1-14(2)21(24)23-22(4)13-20(16-7-9-17(25-5)10-8-16)26-19-12-15(3)6-11-18(19)22/h7-10,14-15,18-20H,6,11-13H2,1-5H3,(H,23,24)/t15-,18-,19-,20-,22+/m1/s1. The Labute approximate surface area is 157 Å². The number of hydrogen-bond acceptors (Lipinski definition) is 3. The van der Waals surface area contributed by atoms with E-state index in [1.807, 2.05) is 26.0 Å². The number of fused-ring (bicyclic) bond motifs is 1. The lowest BCUT2D eigenvalue weighted by atomic mass is 9.66. The molecule has 0 aromatic heterocycles. The Bertz CT molecular complexity index is 627. The van der Waals surface area contributed by atoms with E-state index in [-0.39, 0.29) is 29.6 Å². The predicted molar refractivity (Wildman–Crippen MR) is 103 cm³/mol. The van der Waals surface area contributed by atoms with Crippen LogP contribution in [0.5, 0.6) is 5.75 Å². The zero-order valence-electron chi connectivity index (χ0n) is 16.7. The zero-order chi connectivity index (χ0) is 18.9. The summed E-state index contributed by atoms with van der Waals surface area (Å²) in [6, 6.07) is 8.14. The highest BCUT2D eigenvalue weighted by Crippen LogP contribution is 2.48. The minimum absolute atomic E-state index is 0.00455. The van der Waals surface area contributed by atoms with Gasteiger partial charge in [0.15, 0.2) is 0 Å². The maximum Gasteiger partial charge on any atom is 0.222 e. The molecule has 1 aliphatic carbocycles. The number of methoxy groups -OCH3 is 1. The molecule has 0 spiro atoms. The van der Waals surface area contributed by atoms with Crippen LogP contribution < -0.4 is 10.1 Å². The lowest BCUT2D eigenvalue weighted by molar-refractivity contribution is -0.155. The van der Waals surface area contributed by atoms with Crippen LogP contribution in [0.2, 0.25) is 0 Å². The molecule has 2 aliphatic rings. The number of nitrogens with one attached hydrogen (secondary N) is 1. The smallest absolute Gasteiger partial charge is 0.222 e. The van der Waals surface area contributed by atoms with Crippen molar-refractivity contribution < 1.29 is 14.3 Å². The number of rotatable bonds is 4. The number of benzene rings is 1. The maximum atomic E-state index is 12.5. The van der Waals surface area contributed by atoms with E-state index in [1.165, 1.54) is 6.42 Å². The third-order valence-corrected chi connectivity index (χ3v) is 6.24. The first-order valence-corrected chi connectivity index (χ1v) is 9.94. The van der Waals surface area contributed by atoms with E-state index >= 15 is 0 Å². The van der Waals surface area contributed by atoms with Gasteiger partial charge < -0.3 is 14.8 Å². The summed E-state index contributed by atoms with van der Waals surface area (Å²) in [6.45, 7) is 8.44. The molecular weight excluding hydrogens is 326 g/mol. The summed E-state index contributed by atoms with van der Waals surface area (Å²) in [4.78, 5) is 12.5. The van der Waals surface area contributed by atoms with Gasteiger partial charge in [-0.25, -0.2) is 0 Å². The Balaban J connectivity index is 1.87. The first kappa shape index (κ1) is 19.2. The van der Waals surface area contributed by atoms with E-state index in [0.717, 1.165) is 30.6 Å². The van der Waals surface area contributed by atoms with Crippen molar-refractivity contribution in [1.82, 2.24) is 5.32 Å². The van der Waals surface area contributed by atoms with Crippen LogP contribution in [0.25, 0.3) is 0 Å². The van der Waals surface area contributed by atoms with Gasteiger partial charge in [-0.05, 0) is 43.4 Å². The van der Waals surface area contributed by atoms with E-state index in [4.69, 9.17) is 9.47 Å². The lowest BCUT2D eigenvalue weighted by Gasteiger charge is -2.52. The fraction of sp³-hybridized carbons (Fsp3) is 0.682. The molecule has 1 heterocycles. The molecule has 144 valence electrons. The number of amides is 1. The maximum absolute atomic E-state index is 12.5. The second kappa shape index (κ2) is 7.59. The van der Waals surface area contributed by atoms with E-state index < -0.39 is 0 Å². The van der Waals surface area contributed by atoms with Crippen molar-refractivity contribution in [3.8, 4) is 5.75 Å². The molecule has 26 heavy (non-hydrogen) atoms. The molecule has 4 heteroatoms. The normalized spacial score (nSPS) is 34.2. The van der Waals surface area contributed by atoms with Crippen LogP contribution in [0.4, 0.5) is 0 Å². The summed E-state index contributed by atoms with van der Waals surface area (Å²) in [5.74, 6) is 2.05. The number of hydrogen-bond donors (Lipinski definition) is 1. The summed E-state index contributed by atoms with van der Waals surface area (Å²) in [5.41, 5.74) is 0.933. The second-order valence-electron chi connectivity index (χ2n) is 8.73. The van der Waals surface area contributed by atoms with Crippen molar-refractivity contribution in [2.45, 2.75) is 71.1 Å². The van der Waals surface area contributed by atoms with Crippen LogP contribution in [-0.2, 0) is 9.53 Å². The molecule has 3 rings (SSSR count). The number of carbonyl (C=O) groups is 1. The van der Waals surface area contributed by atoms with Crippen molar-refractivity contribution in [2.75, 3.05) is 7.11 Å². The summed E-state index contributed by atoms with van der Waals surface area (Å²) in [5, 5.41) is 3.39. The topological polar surface area (TPSA) is 47.6 Å². The van der Waals surface area contributed by atoms with Crippen LogP contribution in [0.3, 0.4) is 0 Å². The molecule has 1 aromatic rings. The monoisotopic (exact) mass is 359 g/mol. The van der Waals surface area contributed by atoms with E-state index in [0.29, 0.717) is 11.8 Å². The molecule has 1 amide bonds. The molecule has 2 fully saturated rings. The Kier molecular flexibility index (Phi) is 5.61. The molecule has 1 aliphatic heterocycles. The number of ether oxygens (including phenoxy) is 2. The van der Waals surface area contributed by atoms with E-state index in [9.17, 15) is 4.79 Å². The van der Waals surface area contributed by atoms with Gasteiger partial charge in [0.25, 0.3) is 0 Å². The molecular formula is C22H33NO3. The average molecular weight is 360 g/mol. The highest BCUT2D eigenvalue weighted by atomic mass is 16.5. The van der Waals surface area contributed by atoms with Crippen LogP contribution in [0.15, 0.2) is 24.3 Å². The van der Waals surface area contributed by atoms with Gasteiger partial charge in [-0.15, -0.1) is 0 Å². The Morgan fingerprint density at radius 3 is 2.58 bits per heavy atom. The van der Waals surface area contributed by atoms with Crippen LogP contribution in [0.1, 0.15) is 65.0 Å². The van der Waals surface area contributed by atoms with Gasteiger partial charge in [0.2, 0.25) is 5.91 Å². The minimum Gasteiger partial charge on any atom is -0.497 e. The summed E-state index contributed by atoms with van der Waals surface area (Å²) >= 11 is 0. The number of carbonyl (C=O) groups excluding carboxylic acids is 1. The molecule has 1 aromatic carbocycles. The minimum atomic E-state index is -0.227. The highest BCUT2D eigenvalue weighted by molar-refractivity contribution is 5.78. The molecule has 1 N–H and O–H groups in total. The van der Waals surface area contributed by atoms with Crippen molar-refractivity contribution in [3.63, 3.8) is 0 Å². The molecule has 5 atom stereocenters.